The summed E-state index contributed by atoms with van der Waals surface area (Å²) in [7, 11) is 0. The highest BCUT2D eigenvalue weighted by Gasteiger charge is 2.76. The lowest BCUT2D eigenvalue weighted by Gasteiger charge is -2.51. The fourth-order valence-electron chi connectivity index (χ4n) is 8.19. The van der Waals surface area contributed by atoms with Crippen LogP contribution in [-0.4, -0.2) is 63.3 Å². The van der Waals surface area contributed by atoms with Crippen molar-refractivity contribution in [2.45, 2.75) is 82.1 Å². The monoisotopic (exact) mass is 471 g/mol. The molecule has 34 heavy (non-hydrogen) atoms. The third-order valence-electron chi connectivity index (χ3n) is 9.74. The summed E-state index contributed by atoms with van der Waals surface area (Å²) >= 11 is 0. The lowest BCUT2D eigenvalue weighted by atomic mass is 9.60. The highest BCUT2D eigenvalue weighted by atomic mass is 16.8. The molecule has 0 aromatic heterocycles. The molecule has 1 aromatic rings. The summed E-state index contributed by atoms with van der Waals surface area (Å²) in [5.41, 5.74) is -1.95. The van der Waals surface area contributed by atoms with Gasteiger partial charge in [0.25, 0.3) is 0 Å². The van der Waals surface area contributed by atoms with Crippen molar-refractivity contribution in [3.8, 4) is 5.75 Å². The second kappa shape index (κ2) is 6.59. The number of quaternary nitrogens is 1. The Bertz CT molecular complexity index is 1120. The van der Waals surface area contributed by atoms with Gasteiger partial charge in [-0.25, -0.2) is 10.4 Å². The van der Waals surface area contributed by atoms with Crippen molar-refractivity contribution in [3.05, 3.63) is 28.5 Å². The van der Waals surface area contributed by atoms with Crippen molar-refractivity contribution in [2.75, 3.05) is 18.4 Å². The van der Waals surface area contributed by atoms with E-state index >= 15 is 0 Å². The SMILES string of the molecule is CC1(C)CC(=O)c2c(ccc3c2NC(=O)C32CC3([NH+]([O-])O)CN4CCC(O)C4CC3C2(C)C)O1. The molecule has 6 unspecified atom stereocenters. The second-order valence-corrected chi connectivity index (χ2v) is 12.2. The first kappa shape index (κ1) is 22.4. The summed E-state index contributed by atoms with van der Waals surface area (Å²) < 4.78 is 6.07. The molecule has 1 amide bonds. The maximum Gasteiger partial charge on any atom is 0.235 e. The van der Waals surface area contributed by atoms with Crippen LogP contribution in [0.2, 0.25) is 0 Å². The minimum Gasteiger partial charge on any atom is -0.600 e. The van der Waals surface area contributed by atoms with E-state index in [1.807, 2.05) is 33.8 Å². The summed E-state index contributed by atoms with van der Waals surface area (Å²) in [6.07, 6.45) is 1.08. The molecule has 4 aliphatic heterocycles. The standard InChI is InChI=1S/C25H33N3O6/c1-22(2)10-16(30)19-17(34-22)6-5-13-20(19)26-21(31)25(13)11-24(28(32)33)12-27-8-7-15(29)14(27)9-18(24)23(25,3)4/h5-6,14-15,18,28-29,32H,7-12H2,1-4H3,(H,26,31). The van der Waals surface area contributed by atoms with E-state index in [9.17, 15) is 25.1 Å². The van der Waals surface area contributed by atoms with Crippen LogP contribution in [0.15, 0.2) is 12.1 Å². The summed E-state index contributed by atoms with van der Waals surface area (Å²) in [5.74, 6) is -0.160. The number of amides is 1. The zero-order valence-corrected chi connectivity index (χ0v) is 20.1. The normalized spacial score (nSPS) is 40.3. The van der Waals surface area contributed by atoms with Gasteiger partial charge < -0.3 is 20.4 Å². The van der Waals surface area contributed by atoms with Crippen LogP contribution in [0.4, 0.5) is 5.69 Å². The first-order chi connectivity index (χ1) is 15.8. The number of piperidine rings is 1. The van der Waals surface area contributed by atoms with Gasteiger partial charge in [0, 0.05) is 24.9 Å². The molecule has 0 radical (unpaired) electrons. The van der Waals surface area contributed by atoms with E-state index in [0.717, 1.165) is 0 Å². The molecule has 5 aliphatic rings. The van der Waals surface area contributed by atoms with Crippen molar-refractivity contribution >= 4 is 17.4 Å². The number of hydroxylamine groups is 2. The number of ether oxygens (including phenoxy) is 1. The van der Waals surface area contributed by atoms with Gasteiger partial charge in [-0.15, -0.1) is 0 Å². The van der Waals surface area contributed by atoms with Crippen LogP contribution in [0.1, 0.15) is 69.3 Å². The minimum absolute atomic E-state index is 0.0783. The molecule has 184 valence electrons. The average Bonchev–Trinajstić information content (AvgIpc) is 3.30. The van der Waals surface area contributed by atoms with Crippen LogP contribution in [0.5, 0.6) is 5.75 Å². The van der Waals surface area contributed by atoms with Gasteiger partial charge in [-0.3, -0.25) is 14.5 Å². The van der Waals surface area contributed by atoms with Gasteiger partial charge in [-0.2, -0.15) is 0 Å². The van der Waals surface area contributed by atoms with E-state index in [-0.39, 0.29) is 36.5 Å². The number of rotatable bonds is 1. The Morgan fingerprint density at radius 1 is 1.24 bits per heavy atom. The number of ketones is 1. The number of benzene rings is 1. The fourth-order valence-corrected chi connectivity index (χ4v) is 8.19. The first-order valence-corrected chi connectivity index (χ1v) is 12.2. The summed E-state index contributed by atoms with van der Waals surface area (Å²) in [4.78, 5) is 29.2. The van der Waals surface area contributed by atoms with Gasteiger partial charge in [0.15, 0.2) is 5.78 Å². The topological polar surface area (TPSA) is 127 Å². The van der Waals surface area contributed by atoms with Crippen LogP contribution in [-0.2, 0) is 10.2 Å². The van der Waals surface area contributed by atoms with Crippen LogP contribution in [0, 0.1) is 16.5 Å². The van der Waals surface area contributed by atoms with E-state index in [0.29, 0.717) is 48.5 Å². The summed E-state index contributed by atoms with van der Waals surface area (Å²) in [6, 6.07) is 3.53. The Kier molecular flexibility index (Phi) is 4.34. The van der Waals surface area contributed by atoms with E-state index in [1.165, 1.54) is 0 Å². The zero-order chi connectivity index (χ0) is 24.4. The van der Waals surface area contributed by atoms with Gasteiger partial charge in [-0.1, -0.05) is 19.9 Å². The smallest absolute Gasteiger partial charge is 0.235 e. The highest BCUT2D eigenvalue weighted by molar-refractivity contribution is 6.15. The van der Waals surface area contributed by atoms with Gasteiger partial charge >= 0.3 is 0 Å². The maximum atomic E-state index is 13.9. The third-order valence-corrected chi connectivity index (χ3v) is 9.74. The molecule has 1 aliphatic carbocycles. The fraction of sp³-hybridized carbons (Fsp3) is 0.680. The number of anilines is 1. The van der Waals surface area contributed by atoms with E-state index in [4.69, 9.17) is 4.74 Å². The Labute approximate surface area is 198 Å². The molecule has 1 spiro atoms. The van der Waals surface area contributed by atoms with E-state index in [1.54, 1.807) is 6.07 Å². The molecule has 9 heteroatoms. The molecular formula is C25H33N3O6. The average molecular weight is 472 g/mol. The molecule has 6 atom stereocenters. The number of Topliss-reactive ketones (excluding diaryl/α,β-unsaturated/α-hetero) is 1. The number of hydrogen-bond acceptors (Lipinski definition) is 7. The molecule has 1 saturated carbocycles. The number of aliphatic hydroxyl groups is 1. The Morgan fingerprint density at radius 3 is 2.68 bits per heavy atom. The molecule has 3 fully saturated rings. The van der Waals surface area contributed by atoms with E-state index < -0.39 is 33.3 Å². The molecule has 9 nitrogen and oxygen atoms in total. The Balaban J connectivity index is 1.53. The predicted molar refractivity (Wildman–Crippen MR) is 122 cm³/mol. The number of nitrogens with one attached hydrogen (secondary N) is 2. The Morgan fingerprint density at radius 2 is 1.97 bits per heavy atom. The number of fused-ring (bicyclic) bond motifs is 6. The number of carbonyl (C=O) groups excluding carboxylic acids is 2. The minimum atomic E-state index is -1.11. The predicted octanol–water partition coefficient (Wildman–Crippen LogP) is 1.02. The largest absolute Gasteiger partial charge is 0.600 e. The molecule has 1 aromatic carbocycles. The van der Waals surface area contributed by atoms with Crippen molar-refractivity contribution in [3.63, 3.8) is 0 Å². The van der Waals surface area contributed by atoms with Crippen LogP contribution < -0.4 is 15.3 Å². The number of nitrogens with zero attached hydrogens (tertiary/aromatic N) is 1. The van der Waals surface area contributed by atoms with Crippen LogP contribution >= 0.6 is 0 Å². The van der Waals surface area contributed by atoms with Crippen molar-refractivity contribution in [1.29, 1.82) is 0 Å². The molecule has 4 N–H and O–H groups in total. The molecule has 6 rings (SSSR count). The van der Waals surface area contributed by atoms with E-state index in [2.05, 4.69) is 10.2 Å². The quantitative estimate of drug-likeness (QED) is 0.451. The zero-order valence-electron chi connectivity index (χ0n) is 20.1. The third kappa shape index (κ3) is 2.51. The molecule has 2 saturated heterocycles. The highest BCUT2D eigenvalue weighted by Crippen LogP contribution is 2.67. The van der Waals surface area contributed by atoms with Crippen molar-refractivity contribution < 1.29 is 29.9 Å². The maximum absolute atomic E-state index is 13.9. The Hall–Kier alpha value is -2.04. The van der Waals surface area contributed by atoms with Crippen molar-refractivity contribution in [1.82, 2.24) is 4.90 Å². The lowest BCUT2D eigenvalue weighted by molar-refractivity contribution is -1.09. The number of hydrogen-bond donors (Lipinski definition) is 4. The molecular weight excluding hydrogens is 438 g/mol. The number of carbonyl (C=O) groups is 2. The van der Waals surface area contributed by atoms with Gasteiger partial charge in [0.2, 0.25) is 5.91 Å². The van der Waals surface area contributed by atoms with Crippen molar-refractivity contribution in [2.24, 2.45) is 11.3 Å². The van der Waals surface area contributed by atoms with Gasteiger partial charge in [-0.05, 0) is 43.7 Å². The summed E-state index contributed by atoms with van der Waals surface area (Å²) in [6.45, 7) is 8.71. The molecule has 0 bridgehead atoms. The second-order valence-electron chi connectivity index (χ2n) is 12.2. The molecule has 4 heterocycles. The van der Waals surface area contributed by atoms with Crippen LogP contribution in [0.25, 0.3) is 0 Å². The van der Waals surface area contributed by atoms with Gasteiger partial charge in [0.05, 0.1) is 35.7 Å². The lowest BCUT2D eigenvalue weighted by Crippen LogP contribution is -3.16. The number of aliphatic hydroxyl groups excluding tert-OH is 1. The van der Waals surface area contributed by atoms with Gasteiger partial charge in [0.1, 0.15) is 16.9 Å². The summed E-state index contributed by atoms with van der Waals surface area (Å²) in [5, 5.41) is 36.2. The van der Waals surface area contributed by atoms with Crippen LogP contribution in [0.3, 0.4) is 0 Å². The first-order valence-electron chi connectivity index (χ1n) is 12.2.